The Labute approximate surface area is 102 Å². The number of benzene rings is 1. The largest absolute Gasteiger partial charge is 0.493 e. The normalized spacial score (nSPS) is 12.1. The van der Waals surface area contributed by atoms with Crippen LogP contribution in [-0.4, -0.2) is 18.6 Å². The Hall–Kier alpha value is -1.55. The topological polar surface area (TPSA) is 78.3 Å². The van der Waals surface area contributed by atoms with E-state index in [1.165, 1.54) is 0 Å². The zero-order chi connectivity index (χ0) is 12.7. The van der Waals surface area contributed by atoms with Gasteiger partial charge in [0.05, 0.1) is 13.0 Å². The third-order valence-corrected chi connectivity index (χ3v) is 2.54. The average molecular weight is 236 g/mol. The standard InChI is InChI=1S/C13H20N2O2/c1-2-11(14)8-10-4-3-5-12(9-10)17-7-6-13(15)16/h3-5,9,11H,2,6-8,14H2,1H3,(H2,15,16). The first kappa shape index (κ1) is 13.5. The van der Waals surface area contributed by atoms with Crippen molar-refractivity contribution in [3.8, 4) is 5.75 Å². The molecule has 17 heavy (non-hydrogen) atoms. The van der Waals surface area contributed by atoms with Crippen molar-refractivity contribution in [3.05, 3.63) is 29.8 Å². The number of hydrogen-bond acceptors (Lipinski definition) is 3. The molecule has 4 heteroatoms. The summed E-state index contributed by atoms with van der Waals surface area (Å²) in [5.74, 6) is 0.404. The summed E-state index contributed by atoms with van der Waals surface area (Å²) >= 11 is 0. The molecule has 0 spiro atoms. The lowest BCUT2D eigenvalue weighted by atomic mass is 10.0. The molecule has 0 aromatic heterocycles. The van der Waals surface area contributed by atoms with Crippen LogP contribution in [0.5, 0.6) is 5.75 Å². The van der Waals surface area contributed by atoms with Crippen LogP contribution in [0, 0.1) is 0 Å². The predicted molar refractivity (Wildman–Crippen MR) is 67.7 cm³/mol. The highest BCUT2D eigenvalue weighted by molar-refractivity contribution is 5.73. The summed E-state index contributed by atoms with van der Waals surface area (Å²) in [7, 11) is 0. The highest BCUT2D eigenvalue weighted by Crippen LogP contribution is 2.15. The lowest BCUT2D eigenvalue weighted by Gasteiger charge is -2.10. The highest BCUT2D eigenvalue weighted by Gasteiger charge is 2.03. The molecule has 0 fully saturated rings. The van der Waals surface area contributed by atoms with Gasteiger partial charge in [-0.2, -0.15) is 0 Å². The van der Waals surface area contributed by atoms with E-state index in [1.54, 1.807) is 0 Å². The summed E-state index contributed by atoms with van der Waals surface area (Å²) in [5, 5.41) is 0. The van der Waals surface area contributed by atoms with E-state index < -0.39 is 0 Å². The van der Waals surface area contributed by atoms with E-state index in [0.717, 1.165) is 24.2 Å². The van der Waals surface area contributed by atoms with Crippen LogP contribution in [0.15, 0.2) is 24.3 Å². The van der Waals surface area contributed by atoms with Crippen LogP contribution in [0.4, 0.5) is 0 Å². The fourth-order valence-corrected chi connectivity index (χ4v) is 1.48. The van der Waals surface area contributed by atoms with Gasteiger partial charge in [0.1, 0.15) is 5.75 Å². The molecular formula is C13H20N2O2. The molecular weight excluding hydrogens is 216 g/mol. The molecule has 1 rings (SSSR count). The van der Waals surface area contributed by atoms with Crippen molar-refractivity contribution >= 4 is 5.91 Å². The summed E-state index contributed by atoms with van der Waals surface area (Å²) in [4.78, 5) is 10.6. The van der Waals surface area contributed by atoms with Crippen LogP contribution in [0.3, 0.4) is 0 Å². The number of hydrogen-bond donors (Lipinski definition) is 2. The van der Waals surface area contributed by atoms with Gasteiger partial charge in [-0.15, -0.1) is 0 Å². The number of primary amides is 1. The van der Waals surface area contributed by atoms with Crippen molar-refractivity contribution in [2.24, 2.45) is 11.5 Å². The monoisotopic (exact) mass is 236 g/mol. The maximum absolute atomic E-state index is 10.6. The first-order valence-electron chi connectivity index (χ1n) is 5.87. The summed E-state index contributed by atoms with van der Waals surface area (Å²) < 4.78 is 5.43. The van der Waals surface area contributed by atoms with Crippen molar-refractivity contribution in [2.45, 2.75) is 32.2 Å². The minimum atomic E-state index is -0.353. The number of nitrogens with two attached hydrogens (primary N) is 2. The van der Waals surface area contributed by atoms with Crippen LogP contribution in [0.25, 0.3) is 0 Å². The van der Waals surface area contributed by atoms with E-state index in [2.05, 4.69) is 6.92 Å². The molecule has 0 heterocycles. The smallest absolute Gasteiger partial charge is 0.220 e. The van der Waals surface area contributed by atoms with Gasteiger partial charge in [0.2, 0.25) is 5.91 Å². The van der Waals surface area contributed by atoms with E-state index in [4.69, 9.17) is 16.2 Å². The second-order valence-electron chi connectivity index (χ2n) is 4.08. The molecule has 1 aromatic carbocycles. The summed E-state index contributed by atoms with van der Waals surface area (Å²) in [6, 6.07) is 7.95. The molecule has 0 aliphatic rings. The molecule has 0 saturated heterocycles. The van der Waals surface area contributed by atoms with Crippen LogP contribution in [0.2, 0.25) is 0 Å². The molecule has 0 saturated carbocycles. The van der Waals surface area contributed by atoms with Crippen LogP contribution in [0.1, 0.15) is 25.3 Å². The molecule has 0 bridgehead atoms. The van der Waals surface area contributed by atoms with E-state index in [1.807, 2.05) is 24.3 Å². The SMILES string of the molecule is CCC(N)Cc1cccc(OCCC(N)=O)c1. The van der Waals surface area contributed by atoms with E-state index in [-0.39, 0.29) is 18.4 Å². The van der Waals surface area contributed by atoms with Gasteiger partial charge in [0, 0.05) is 6.04 Å². The average Bonchev–Trinajstić information content (AvgIpc) is 2.29. The van der Waals surface area contributed by atoms with Crippen LogP contribution < -0.4 is 16.2 Å². The lowest BCUT2D eigenvalue weighted by molar-refractivity contribution is -0.118. The Balaban J connectivity index is 2.50. The Morgan fingerprint density at radius 2 is 2.24 bits per heavy atom. The first-order chi connectivity index (χ1) is 8.11. The van der Waals surface area contributed by atoms with E-state index in [0.29, 0.717) is 6.61 Å². The second kappa shape index (κ2) is 6.91. The Kier molecular flexibility index (Phi) is 5.49. The fourth-order valence-electron chi connectivity index (χ4n) is 1.48. The zero-order valence-corrected chi connectivity index (χ0v) is 10.2. The number of carbonyl (C=O) groups is 1. The van der Waals surface area contributed by atoms with Crippen molar-refractivity contribution in [2.75, 3.05) is 6.61 Å². The fraction of sp³-hybridized carbons (Fsp3) is 0.462. The Morgan fingerprint density at radius 3 is 2.88 bits per heavy atom. The molecule has 1 amide bonds. The van der Waals surface area contributed by atoms with Gasteiger partial charge >= 0.3 is 0 Å². The van der Waals surface area contributed by atoms with Crippen molar-refractivity contribution in [1.82, 2.24) is 0 Å². The number of carbonyl (C=O) groups excluding carboxylic acids is 1. The highest BCUT2D eigenvalue weighted by atomic mass is 16.5. The van der Waals surface area contributed by atoms with Gasteiger partial charge in [-0.25, -0.2) is 0 Å². The third kappa shape index (κ3) is 5.36. The van der Waals surface area contributed by atoms with Gasteiger partial charge in [-0.05, 0) is 30.5 Å². The quantitative estimate of drug-likeness (QED) is 0.747. The number of amides is 1. The third-order valence-electron chi connectivity index (χ3n) is 2.54. The van der Waals surface area contributed by atoms with Gasteiger partial charge in [-0.1, -0.05) is 19.1 Å². The van der Waals surface area contributed by atoms with E-state index in [9.17, 15) is 4.79 Å². The minimum Gasteiger partial charge on any atom is -0.493 e. The molecule has 94 valence electrons. The van der Waals surface area contributed by atoms with E-state index >= 15 is 0 Å². The van der Waals surface area contributed by atoms with Gasteiger partial charge < -0.3 is 16.2 Å². The van der Waals surface area contributed by atoms with Gasteiger partial charge in [-0.3, -0.25) is 4.79 Å². The van der Waals surface area contributed by atoms with Crippen molar-refractivity contribution in [1.29, 1.82) is 0 Å². The molecule has 1 unspecified atom stereocenters. The van der Waals surface area contributed by atoms with Gasteiger partial charge in [0.25, 0.3) is 0 Å². The summed E-state index contributed by atoms with van der Waals surface area (Å²) in [5.41, 5.74) is 12.1. The maximum Gasteiger partial charge on any atom is 0.220 e. The van der Waals surface area contributed by atoms with Crippen LogP contribution >= 0.6 is 0 Å². The first-order valence-corrected chi connectivity index (χ1v) is 5.87. The molecule has 0 aliphatic heterocycles. The Bertz CT molecular complexity index is 366. The maximum atomic E-state index is 10.6. The summed E-state index contributed by atoms with van der Waals surface area (Å²) in [6.07, 6.45) is 2.02. The Morgan fingerprint density at radius 1 is 1.47 bits per heavy atom. The number of ether oxygens (including phenoxy) is 1. The molecule has 0 radical (unpaired) electrons. The van der Waals surface area contributed by atoms with Gasteiger partial charge in [0.15, 0.2) is 0 Å². The summed E-state index contributed by atoms with van der Waals surface area (Å²) in [6.45, 7) is 2.39. The van der Waals surface area contributed by atoms with Crippen molar-refractivity contribution in [3.63, 3.8) is 0 Å². The zero-order valence-electron chi connectivity index (χ0n) is 10.2. The molecule has 0 aliphatic carbocycles. The molecule has 1 aromatic rings. The molecule has 4 N–H and O–H groups in total. The number of rotatable bonds is 7. The molecule has 1 atom stereocenters. The molecule has 4 nitrogen and oxygen atoms in total. The van der Waals surface area contributed by atoms with Crippen molar-refractivity contribution < 1.29 is 9.53 Å². The lowest BCUT2D eigenvalue weighted by Crippen LogP contribution is -2.21. The van der Waals surface area contributed by atoms with Crippen LogP contribution in [-0.2, 0) is 11.2 Å². The predicted octanol–water partition coefficient (Wildman–Crippen LogP) is 1.22. The second-order valence-corrected chi connectivity index (χ2v) is 4.08. The minimum absolute atomic E-state index is 0.177.